The first kappa shape index (κ1) is 41.7. The van der Waals surface area contributed by atoms with E-state index in [1.54, 1.807) is 0 Å². The topological polar surface area (TPSA) is 17.1 Å². The Balaban J connectivity index is 3.14. The predicted molar refractivity (Wildman–Crippen MR) is 192 cm³/mol. The van der Waals surface area contributed by atoms with Crippen LogP contribution in [-0.4, -0.2) is 5.78 Å². The molecule has 0 aromatic heterocycles. The highest BCUT2D eigenvalue weighted by molar-refractivity contribution is 5.78. The van der Waals surface area contributed by atoms with Gasteiger partial charge in [0.15, 0.2) is 0 Å². The second-order valence-corrected chi connectivity index (χ2v) is 14.1. The number of hydrogen-bond acceptors (Lipinski definition) is 1. The van der Waals surface area contributed by atoms with E-state index >= 15 is 0 Å². The van der Waals surface area contributed by atoms with Gasteiger partial charge in [-0.3, -0.25) is 4.79 Å². The molecule has 0 aromatic rings. The van der Waals surface area contributed by atoms with Gasteiger partial charge in [-0.05, 0) is 12.8 Å². The van der Waals surface area contributed by atoms with E-state index in [9.17, 15) is 4.79 Å². The van der Waals surface area contributed by atoms with Crippen LogP contribution in [0.4, 0.5) is 0 Å². The van der Waals surface area contributed by atoms with Crippen LogP contribution < -0.4 is 0 Å². The summed E-state index contributed by atoms with van der Waals surface area (Å²) in [6.07, 6.45) is 52.4. The molecule has 0 heterocycles. The minimum Gasteiger partial charge on any atom is -0.300 e. The van der Waals surface area contributed by atoms with Crippen LogP contribution in [0, 0.1) is 0 Å². The third-order valence-corrected chi connectivity index (χ3v) is 9.62. The molecule has 252 valence electrons. The van der Waals surface area contributed by atoms with Crippen molar-refractivity contribution in [2.45, 2.75) is 258 Å². The first-order valence-electron chi connectivity index (χ1n) is 20.3. The maximum atomic E-state index is 12.2. The minimum atomic E-state index is 0.530. The van der Waals surface area contributed by atoms with Gasteiger partial charge >= 0.3 is 0 Å². The molecule has 0 bridgehead atoms. The molecular weight excluding hydrogens is 508 g/mol. The molecule has 0 aliphatic heterocycles. The molecule has 1 heteroatoms. The van der Waals surface area contributed by atoms with Crippen molar-refractivity contribution in [2.24, 2.45) is 0 Å². The molecule has 0 saturated heterocycles. The maximum absolute atomic E-state index is 12.2. The lowest BCUT2D eigenvalue weighted by Crippen LogP contribution is -1.97. The fraction of sp³-hybridized carbons (Fsp3) is 0.976. The van der Waals surface area contributed by atoms with Gasteiger partial charge in [-0.25, -0.2) is 0 Å². The lowest BCUT2D eigenvalue weighted by Gasteiger charge is -2.05. The summed E-state index contributed by atoms with van der Waals surface area (Å²) in [7, 11) is 0. The molecule has 0 aliphatic carbocycles. The number of carbonyl (C=O) groups excluding carboxylic acids is 1. The largest absolute Gasteiger partial charge is 0.300 e. The molecule has 0 N–H and O–H groups in total. The normalized spacial score (nSPS) is 11.5. The zero-order valence-corrected chi connectivity index (χ0v) is 29.8. The summed E-state index contributed by atoms with van der Waals surface area (Å²) in [6, 6.07) is 0. The van der Waals surface area contributed by atoms with Crippen molar-refractivity contribution in [2.75, 3.05) is 0 Å². The second kappa shape index (κ2) is 38.7. The highest BCUT2D eigenvalue weighted by atomic mass is 16.1. The van der Waals surface area contributed by atoms with E-state index in [1.807, 2.05) is 0 Å². The first-order chi connectivity index (χ1) is 20.8. The standard InChI is InChI=1S/C41H82O/c1-3-5-7-9-11-13-15-17-19-21-22-23-24-26-28-30-32-34-36-38-40-41(42)39-37-35-33-31-29-27-25-20-18-16-14-12-10-8-6-4-2/h3-40H2,1-2H3. The zero-order chi connectivity index (χ0) is 30.4. The second-order valence-electron chi connectivity index (χ2n) is 14.1. The quantitative estimate of drug-likeness (QED) is 0.0654. The lowest BCUT2D eigenvalue weighted by molar-refractivity contribution is -0.119. The third kappa shape index (κ3) is 37.7. The Hall–Kier alpha value is -0.330. The Morgan fingerprint density at radius 2 is 0.381 bits per heavy atom. The van der Waals surface area contributed by atoms with Gasteiger partial charge in [0.1, 0.15) is 5.78 Å². The molecular formula is C41H82O. The molecule has 0 saturated carbocycles. The molecule has 0 amide bonds. The van der Waals surface area contributed by atoms with Crippen molar-refractivity contribution in [3.05, 3.63) is 0 Å². The number of ketones is 1. The minimum absolute atomic E-state index is 0.530. The van der Waals surface area contributed by atoms with Gasteiger partial charge in [-0.1, -0.05) is 232 Å². The van der Waals surface area contributed by atoms with Gasteiger partial charge < -0.3 is 0 Å². The smallest absolute Gasteiger partial charge is 0.132 e. The Kier molecular flexibility index (Phi) is 38.4. The van der Waals surface area contributed by atoms with Crippen molar-refractivity contribution in [3.8, 4) is 0 Å². The fourth-order valence-corrected chi connectivity index (χ4v) is 6.57. The predicted octanol–water partition coefficient (Wildman–Crippen LogP) is 15.4. The molecule has 1 nitrogen and oxygen atoms in total. The van der Waals surface area contributed by atoms with Crippen LogP contribution in [-0.2, 0) is 4.79 Å². The SMILES string of the molecule is CCCCCCCCCCCCCCCCCCCCCCC(=O)CCCCCCCCCCCCCCCCCC. The molecule has 0 aromatic carbocycles. The van der Waals surface area contributed by atoms with Crippen LogP contribution >= 0.6 is 0 Å². The van der Waals surface area contributed by atoms with Gasteiger partial charge in [0, 0.05) is 12.8 Å². The van der Waals surface area contributed by atoms with Crippen LogP contribution in [0.5, 0.6) is 0 Å². The van der Waals surface area contributed by atoms with E-state index < -0.39 is 0 Å². The average Bonchev–Trinajstić information content (AvgIpc) is 3.00. The van der Waals surface area contributed by atoms with Crippen LogP contribution in [0.25, 0.3) is 0 Å². The fourth-order valence-electron chi connectivity index (χ4n) is 6.57. The van der Waals surface area contributed by atoms with E-state index in [0.29, 0.717) is 5.78 Å². The zero-order valence-electron chi connectivity index (χ0n) is 29.8. The number of unbranched alkanes of at least 4 members (excludes halogenated alkanes) is 34. The number of Topliss-reactive ketones (excluding diaryl/α,β-unsaturated/α-hetero) is 1. The van der Waals surface area contributed by atoms with Crippen LogP contribution in [0.3, 0.4) is 0 Å². The highest BCUT2D eigenvalue weighted by Crippen LogP contribution is 2.17. The van der Waals surface area contributed by atoms with Gasteiger partial charge in [0.2, 0.25) is 0 Å². The molecule has 0 spiro atoms. The average molecular weight is 591 g/mol. The van der Waals surface area contributed by atoms with Crippen molar-refractivity contribution in [1.29, 1.82) is 0 Å². The molecule has 0 fully saturated rings. The highest BCUT2D eigenvalue weighted by Gasteiger charge is 2.02. The molecule has 0 unspecified atom stereocenters. The lowest BCUT2D eigenvalue weighted by atomic mass is 10.0. The summed E-state index contributed by atoms with van der Waals surface area (Å²) >= 11 is 0. The Bertz CT molecular complexity index is 483. The Morgan fingerprint density at radius 1 is 0.238 bits per heavy atom. The summed E-state index contributed by atoms with van der Waals surface area (Å²) in [5.74, 6) is 0.530. The van der Waals surface area contributed by atoms with Crippen LogP contribution in [0.15, 0.2) is 0 Å². The van der Waals surface area contributed by atoms with E-state index in [0.717, 1.165) is 25.7 Å². The van der Waals surface area contributed by atoms with Crippen molar-refractivity contribution in [1.82, 2.24) is 0 Å². The summed E-state index contributed by atoms with van der Waals surface area (Å²) in [4.78, 5) is 12.2. The molecule has 0 rings (SSSR count). The van der Waals surface area contributed by atoms with Gasteiger partial charge in [-0.2, -0.15) is 0 Å². The Morgan fingerprint density at radius 3 is 0.548 bits per heavy atom. The molecule has 0 radical (unpaired) electrons. The number of rotatable bonds is 38. The first-order valence-corrected chi connectivity index (χ1v) is 20.3. The van der Waals surface area contributed by atoms with E-state index in [1.165, 1.54) is 218 Å². The molecule has 42 heavy (non-hydrogen) atoms. The van der Waals surface area contributed by atoms with Crippen molar-refractivity contribution >= 4 is 5.78 Å². The number of hydrogen-bond donors (Lipinski definition) is 0. The van der Waals surface area contributed by atoms with Crippen molar-refractivity contribution in [3.63, 3.8) is 0 Å². The van der Waals surface area contributed by atoms with Crippen LogP contribution in [0.1, 0.15) is 258 Å². The molecule has 0 aliphatic rings. The van der Waals surface area contributed by atoms with Gasteiger partial charge in [0.25, 0.3) is 0 Å². The third-order valence-electron chi connectivity index (χ3n) is 9.62. The summed E-state index contributed by atoms with van der Waals surface area (Å²) in [5.41, 5.74) is 0. The van der Waals surface area contributed by atoms with E-state index in [2.05, 4.69) is 13.8 Å². The summed E-state index contributed by atoms with van der Waals surface area (Å²) in [5, 5.41) is 0. The number of carbonyl (C=O) groups is 1. The Labute approximate surface area is 267 Å². The van der Waals surface area contributed by atoms with E-state index in [-0.39, 0.29) is 0 Å². The molecule has 0 atom stereocenters. The van der Waals surface area contributed by atoms with Gasteiger partial charge in [-0.15, -0.1) is 0 Å². The monoisotopic (exact) mass is 591 g/mol. The van der Waals surface area contributed by atoms with Crippen molar-refractivity contribution < 1.29 is 4.79 Å². The summed E-state index contributed by atoms with van der Waals surface area (Å²) in [6.45, 7) is 4.60. The van der Waals surface area contributed by atoms with Crippen LogP contribution in [0.2, 0.25) is 0 Å². The summed E-state index contributed by atoms with van der Waals surface area (Å²) < 4.78 is 0. The van der Waals surface area contributed by atoms with Gasteiger partial charge in [0.05, 0.1) is 0 Å². The van der Waals surface area contributed by atoms with E-state index in [4.69, 9.17) is 0 Å². The maximum Gasteiger partial charge on any atom is 0.132 e.